The summed E-state index contributed by atoms with van der Waals surface area (Å²) in [5, 5.41) is 7.30. The van der Waals surface area contributed by atoms with E-state index in [1.165, 1.54) is 0 Å². The number of rotatable bonds is 4. The highest BCUT2D eigenvalue weighted by atomic mass is 35.5. The minimum Gasteiger partial charge on any atom is -0.454 e. The van der Waals surface area contributed by atoms with Gasteiger partial charge in [-0.1, -0.05) is 11.6 Å². The molecule has 0 radical (unpaired) electrons. The fraction of sp³-hybridized carbons (Fsp3) is 0.286. The quantitative estimate of drug-likeness (QED) is 0.935. The molecule has 1 aromatic heterocycles. The Bertz CT molecular complexity index is 684. The summed E-state index contributed by atoms with van der Waals surface area (Å²) in [4.78, 5) is 12.1. The van der Waals surface area contributed by atoms with Crippen LogP contribution >= 0.6 is 11.6 Å². The van der Waals surface area contributed by atoms with Crippen LogP contribution in [0.2, 0.25) is 5.02 Å². The number of benzene rings is 1. The minimum absolute atomic E-state index is 0.126. The van der Waals surface area contributed by atoms with Crippen molar-refractivity contribution in [1.29, 1.82) is 0 Å². The Kier molecular flexibility index (Phi) is 3.70. The zero-order valence-corrected chi connectivity index (χ0v) is 12.2. The fourth-order valence-corrected chi connectivity index (χ4v) is 2.39. The average molecular weight is 308 g/mol. The van der Waals surface area contributed by atoms with Crippen LogP contribution in [0.25, 0.3) is 0 Å². The van der Waals surface area contributed by atoms with E-state index >= 15 is 0 Å². The molecule has 0 atom stereocenters. The Morgan fingerprint density at radius 2 is 2.33 bits per heavy atom. The third-order valence-electron chi connectivity index (χ3n) is 3.15. The summed E-state index contributed by atoms with van der Waals surface area (Å²) in [5.41, 5.74) is 1.52. The summed E-state index contributed by atoms with van der Waals surface area (Å²) in [5.74, 6) is 0.794. The molecule has 0 saturated carbocycles. The molecule has 21 heavy (non-hydrogen) atoms. The molecule has 0 aliphatic carbocycles. The highest BCUT2D eigenvalue weighted by Gasteiger charge is 2.20. The smallest absolute Gasteiger partial charge is 0.251 e. The number of amides is 1. The molecule has 7 heteroatoms. The Morgan fingerprint density at radius 3 is 3.10 bits per heavy atom. The van der Waals surface area contributed by atoms with Crippen molar-refractivity contribution in [3.8, 4) is 11.5 Å². The number of ether oxygens (including phenoxy) is 2. The molecule has 0 spiro atoms. The van der Waals surface area contributed by atoms with E-state index in [2.05, 4.69) is 10.4 Å². The van der Waals surface area contributed by atoms with Crippen molar-refractivity contribution in [2.24, 2.45) is 7.05 Å². The number of aromatic nitrogens is 2. The lowest BCUT2D eigenvalue weighted by Crippen LogP contribution is -2.25. The van der Waals surface area contributed by atoms with Gasteiger partial charge in [-0.05, 0) is 24.1 Å². The summed E-state index contributed by atoms with van der Waals surface area (Å²) < 4.78 is 12.2. The molecule has 0 unspecified atom stereocenters. The van der Waals surface area contributed by atoms with Crippen LogP contribution in [-0.2, 0) is 13.5 Å². The van der Waals surface area contributed by atoms with Gasteiger partial charge in [0.2, 0.25) is 6.79 Å². The van der Waals surface area contributed by atoms with E-state index in [0.29, 0.717) is 28.6 Å². The van der Waals surface area contributed by atoms with Gasteiger partial charge in [0.1, 0.15) is 0 Å². The summed E-state index contributed by atoms with van der Waals surface area (Å²) in [6.07, 6.45) is 4.42. The first-order chi connectivity index (χ1) is 10.1. The van der Waals surface area contributed by atoms with E-state index in [4.69, 9.17) is 21.1 Å². The molecular formula is C14H14ClN3O3. The van der Waals surface area contributed by atoms with E-state index in [1.54, 1.807) is 23.0 Å². The lowest BCUT2D eigenvalue weighted by Gasteiger charge is -2.06. The maximum Gasteiger partial charge on any atom is 0.251 e. The van der Waals surface area contributed by atoms with Crippen LogP contribution in [0.1, 0.15) is 15.9 Å². The largest absolute Gasteiger partial charge is 0.454 e. The van der Waals surface area contributed by atoms with Crippen molar-refractivity contribution in [3.05, 3.63) is 40.7 Å². The normalized spacial score (nSPS) is 12.5. The van der Waals surface area contributed by atoms with Gasteiger partial charge in [-0.25, -0.2) is 0 Å². The number of hydrogen-bond donors (Lipinski definition) is 1. The number of carbonyl (C=O) groups excluding carboxylic acids is 1. The Balaban J connectivity index is 1.62. The third-order valence-corrected chi connectivity index (χ3v) is 3.43. The van der Waals surface area contributed by atoms with Gasteiger partial charge in [0.25, 0.3) is 5.91 Å². The molecular weight excluding hydrogens is 294 g/mol. The lowest BCUT2D eigenvalue weighted by atomic mass is 10.2. The van der Waals surface area contributed by atoms with Crippen molar-refractivity contribution in [2.75, 3.05) is 13.3 Å². The van der Waals surface area contributed by atoms with Crippen molar-refractivity contribution >= 4 is 17.5 Å². The molecule has 1 aliphatic heterocycles. The molecule has 1 aliphatic rings. The van der Waals surface area contributed by atoms with E-state index in [1.807, 2.05) is 13.2 Å². The minimum atomic E-state index is -0.195. The number of halogens is 1. The number of nitrogens with zero attached hydrogens (tertiary/aromatic N) is 2. The average Bonchev–Trinajstić information content (AvgIpc) is 3.07. The molecule has 6 nitrogen and oxygen atoms in total. The lowest BCUT2D eigenvalue weighted by molar-refractivity contribution is 0.0953. The van der Waals surface area contributed by atoms with Crippen molar-refractivity contribution in [1.82, 2.24) is 15.1 Å². The van der Waals surface area contributed by atoms with Crippen LogP contribution in [0.4, 0.5) is 0 Å². The number of aryl methyl sites for hydroxylation is 1. The molecule has 3 rings (SSSR count). The Hall–Kier alpha value is -2.21. The summed E-state index contributed by atoms with van der Waals surface area (Å²) in [6, 6.07) is 3.21. The highest BCUT2D eigenvalue weighted by Crippen LogP contribution is 2.39. The Labute approximate surface area is 126 Å². The molecule has 1 aromatic carbocycles. The van der Waals surface area contributed by atoms with Gasteiger partial charge in [-0.2, -0.15) is 5.10 Å². The van der Waals surface area contributed by atoms with Gasteiger partial charge in [-0.3, -0.25) is 9.48 Å². The van der Waals surface area contributed by atoms with Crippen molar-refractivity contribution in [2.45, 2.75) is 6.42 Å². The van der Waals surface area contributed by atoms with Crippen LogP contribution in [0.3, 0.4) is 0 Å². The molecule has 1 amide bonds. The van der Waals surface area contributed by atoms with Gasteiger partial charge < -0.3 is 14.8 Å². The van der Waals surface area contributed by atoms with Crippen molar-refractivity contribution < 1.29 is 14.3 Å². The molecule has 0 saturated heterocycles. The fourth-order valence-electron chi connectivity index (χ4n) is 2.12. The zero-order valence-electron chi connectivity index (χ0n) is 11.4. The molecule has 2 heterocycles. The van der Waals surface area contributed by atoms with Gasteiger partial charge >= 0.3 is 0 Å². The van der Waals surface area contributed by atoms with E-state index < -0.39 is 0 Å². The molecule has 0 fully saturated rings. The molecule has 1 N–H and O–H groups in total. The summed E-state index contributed by atoms with van der Waals surface area (Å²) >= 11 is 6.06. The van der Waals surface area contributed by atoms with Crippen molar-refractivity contribution in [3.63, 3.8) is 0 Å². The second-order valence-corrected chi connectivity index (χ2v) is 5.13. The van der Waals surface area contributed by atoms with Crippen LogP contribution in [0, 0.1) is 0 Å². The monoisotopic (exact) mass is 307 g/mol. The number of fused-ring (bicyclic) bond motifs is 1. The first kappa shape index (κ1) is 13.8. The predicted molar refractivity (Wildman–Crippen MR) is 76.8 cm³/mol. The topological polar surface area (TPSA) is 65.4 Å². The van der Waals surface area contributed by atoms with Crippen LogP contribution in [0.5, 0.6) is 11.5 Å². The molecule has 110 valence electrons. The van der Waals surface area contributed by atoms with E-state index in [-0.39, 0.29) is 12.7 Å². The Morgan fingerprint density at radius 1 is 1.48 bits per heavy atom. The highest BCUT2D eigenvalue weighted by molar-refractivity contribution is 6.32. The number of carbonyl (C=O) groups is 1. The van der Waals surface area contributed by atoms with Gasteiger partial charge in [0.05, 0.1) is 11.2 Å². The predicted octanol–water partition coefficient (Wildman–Crippen LogP) is 1.77. The second kappa shape index (κ2) is 5.65. The maximum absolute atomic E-state index is 12.1. The van der Waals surface area contributed by atoms with E-state index in [9.17, 15) is 4.79 Å². The zero-order chi connectivity index (χ0) is 14.8. The number of nitrogens with one attached hydrogen (secondary N) is 1. The van der Waals surface area contributed by atoms with Gasteiger partial charge in [-0.15, -0.1) is 0 Å². The summed E-state index contributed by atoms with van der Waals surface area (Å²) in [6.45, 7) is 0.651. The second-order valence-electron chi connectivity index (χ2n) is 4.72. The van der Waals surface area contributed by atoms with E-state index in [0.717, 1.165) is 12.0 Å². The standard InChI is InChI=1S/C14H14ClN3O3/c1-18-7-9(6-17-18)2-3-16-14(19)10-4-11(15)13-12(5-10)20-8-21-13/h4-7H,2-3,8H2,1H3,(H,16,19). The van der Waals surface area contributed by atoms with Crippen LogP contribution in [0.15, 0.2) is 24.5 Å². The third kappa shape index (κ3) is 2.95. The van der Waals surface area contributed by atoms with Gasteiger partial charge in [0.15, 0.2) is 11.5 Å². The van der Waals surface area contributed by atoms with Crippen LogP contribution in [-0.4, -0.2) is 29.0 Å². The molecule has 0 bridgehead atoms. The van der Waals surface area contributed by atoms with Gasteiger partial charge in [0, 0.05) is 25.4 Å². The molecule has 2 aromatic rings. The first-order valence-electron chi connectivity index (χ1n) is 6.48. The van der Waals surface area contributed by atoms with Crippen LogP contribution < -0.4 is 14.8 Å². The summed E-state index contributed by atoms with van der Waals surface area (Å²) in [7, 11) is 1.86. The first-order valence-corrected chi connectivity index (χ1v) is 6.86. The maximum atomic E-state index is 12.1. The number of hydrogen-bond acceptors (Lipinski definition) is 4. The SMILES string of the molecule is Cn1cc(CCNC(=O)c2cc(Cl)c3c(c2)OCO3)cn1.